The lowest BCUT2D eigenvalue weighted by Gasteiger charge is -2.27. The molecule has 1 aromatic heterocycles. The molecule has 3 rings (SSSR count). The van der Waals surface area contributed by atoms with Crippen LogP contribution in [0.4, 0.5) is 4.79 Å². The zero-order valence-electron chi connectivity index (χ0n) is 14.2. The number of aromatic nitrogens is 1. The molecule has 2 atom stereocenters. The minimum absolute atomic E-state index is 0.0316. The van der Waals surface area contributed by atoms with Gasteiger partial charge in [-0.15, -0.1) is 0 Å². The normalized spacial score (nSPS) is 23.2. The van der Waals surface area contributed by atoms with Gasteiger partial charge in [-0.05, 0) is 37.0 Å². The van der Waals surface area contributed by atoms with Crippen LogP contribution in [0, 0.1) is 11.3 Å². The SMILES string of the molecule is CC1CC(NC(=O)N2CC=C(c3cccnc3)CC2)C(=O)N1CC#N. The Kier molecular flexibility index (Phi) is 4.98. The fourth-order valence-electron chi connectivity index (χ4n) is 3.33. The van der Waals surface area contributed by atoms with Gasteiger partial charge in [-0.3, -0.25) is 9.78 Å². The van der Waals surface area contributed by atoms with Crippen LogP contribution in [0.2, 0.25) is 0 Å². The Hall–Kier alpha value is -2.88. The van der Waals surface area contributed by atoms with E-state index in [9.17, 15) is 9.59 Å². The van der Waals surface area contributed by atoms with E-state index in [2.05, 4.69) is 10.3 Å². The number of carbonyl (C=O) groups excluding carboxylic acids is 2. The molecule has 0 saturated carbocycles. The quantitative estimate of drug-likeness (QED) is 0.843. The number of urea groups is 1. The molecule has 1 saturated heterocycles. The number of likely N-dealkylation sites (tertiary alicyclic amines) is 1. The average Bonchev–Trinajstić information content (AvgIpc) is 2.90. The Balaban J connectivity index is 1.58. The molecule has 2 aliphatic heterocycles. The Morgan fingerprint density at radius 3 is 3.00 bits per heavy atom. The zero-order valence-corrected chi connectivity index (χ0v) is 14.2. The molecule has 3 heterocycles. The fourth-order valence-corrected chi connectivity index (χ4v) is 3.33. The number of amides is 3. The van der Waals surface area contributed by atoms with E-state index in [-0.39, 0.29) is 24.5 Å². The van der Waals surface area contributed by atoms with E-state index in [0.717, 1.165) is 12.0 Å². The summed E-state index contributed by atoms with van der Waals surface area (Å²) in [6.45, 7) is 3.07. The van der Waals surface area contributed by atoms with Crippen molar-refractivity contribution in [2.45, 2.75) is 31.8 Å². The Morgan fingerprint density at radius 2 is 2.36 bits per heavy atom. The van der Waals surface area contributed by atoms with Crippen molar-refractivity contribution in [3.63, 3.8) is 0 Å². The molecule has 2 unspecified atom stereocenters. The molecule has 0 aliphatic carbocycles. The van der Waals surface area contributed by atoms with Gasteiger partial charge in [0.1, 0.15) is 12.6 Å². The number of carbonyl (C=O) groups is 2. The predicted molar refractivity (Wildman–Crippen MR) is 92.1 cm³/mol. The maximum Gasteiger partial charge on any atom is 0.318 e. The Morgan fingerprint density at radius 1 is 1.52 bits per heavy atom. The molecular weight excluding hydrogens is 318 g/mol. The van der Waals surface area contributed by atoms with Crippen LogP contribution in [0.5, 0.6) is 0 Å². The highest BCUT2D eigenvalue weighted by Gasteiger charge is 2.38. The van der Waals surface area contributed by atoms with Crippen LogP contribution < -0.4 is 5.32 Å². The maximum absolute atomic E-state index is 12.5. The van der Waals surface area contributed by atoms with Crippen LogP contribution in [0.25, 0.3) is 5.57 Å². The Bertz CT molecular complexity index is 725. The second-order valence-corrected chi connectivity index (χ2v) is 6.38. The molecule has 1 fully saturated rings. The van der Waals surface area contributed by atoms with Gasteiger partial charge in [-0.25, -0.2) is 4.79 Å². The number of hydrogen-bond acceptors (Lipinski definition) is 4. The van der Waals surface area contributed by atoms with Crippen LogP contribution in [-0.2, 0) is 4.79 Å². The summed E-state index contributed by atoms with van der Waals surface area (Å²) in [7, 11) is 0. The number of rotatable bonds is 3. The zero-order chi connectivity index (χ0) is 17.8. The van der Waals surface area contributed by atoms with Crippen molar-refractivity contribution in [3.8, 4) is 6.07 Å². The average molecular weight is 339 g/mol. The summed E-state index contributed by atoms with van der Waals surface area (Å²) in [6, 6.07) is 5.10. The summed E-state index contributed by atoms with van der Waals surface area (Å²) in [5.74, 6) is -0.175. The predicted octanol–water partition coefficient (Wildman–Crippen LogP) is 1.39. The molecule has 7 nitrogen and oxygen atoms in total. The van der Waals surface area contributed by atoms with Gasteiger partial charge in [0.25, 0.3) is 0 Å². The fraction of sp³-hybridized carbons (Fsp3) is 0.444. The molecule has 0 spiro atoms. The molecule has 130 valence electrons. The maximum atomic E-state index is 12.5. The molecular formula is C18H21N5O2. The van der Waals surface area contributed by atoms with Crippen LogP contribution in [-0.4, -0.2) is 58.4 Å². The van der Waals surface area contributed by atoms with E-state index in [1.165, 1.54) is 10.5 Å². The first-order valence-corrected chi connectivity index (χ1v) is 8.42. The summed E-state index contributed by atoms with van der Waals surface area (Å²) < 4.78 is 0. The standard InChI is InChI=1S/C18H21N5O2/c1-13-11-16(17(24)23(13)10-6-19)21-18(25)22-8-4-14(5-9-22)15-3-2-7-20-12-15/h2-4,7,12-13,16H,5,8-11H2,1H3,(H,21,25). The van der Waals surface area contributed by atoms with E-state index >= 15 is 0 Å². The van der Waals surface area contributed by atoms with Crippen molar-refractivity contribution in [2.75, 3.05) is 19.6 Å². The molecule has 3 amide bonds. The molecule has 0 aromatic carbocycles. The van der Waals surface area contributed by atoms with Crippen LogP contribution in [0.3, 0.4) is 0 Å². The number of nitrogens with zero attached hydrogens (tertiary/aromatic N) is 4. The van der Waals surface area contributed by atoms with Gasteiger partial charge in [0.15, 0.2) is 0 Å². The molecule has 2 aliphatic rings. The molecule has 1 N–H and O–H groups in total. The van der Waals surface area contributed by atoms with Crippen LogP contribution >= 0.6 is 0 Å². The number of pyridine rings is 1. The van der Waals surface area contributed by atoms with Gasteiger partial charge in [-0.1, -0.05) is 12.1 Å². The molecule has 0 radical (unpaired) electrons. The largest absolute Gasteiger partial charge is 0.326 e. The molecule has 7 heteroatoms. The van der Waals surface area contributed by atoms with Crippen molar-refractivity contribution in [1.82, 2.24) is 20.1 Å². The number of nitriles is 1. The lowest BCUT2D eigenvalue weighted by Crippen LogP contribution is -2.49. The third-order valence-corrected chi connectivity index (χ3v) is 4.76. The monoisotopic (exact) mass is 339 g/mol. The van der Waals surface area contributed by atoms with Gasteiger partial charge in [0.05, 0.1) is 6.07 Å². The second kappa shape index (κ2) is 7.34. The van der Waals surface area contributed by atoms with Gasteiger partial charge in [0, 0.05) is 31.5 Å². The minimum Gasteiger partial charge on any atom is -0.326 e. The summed E-state index contributed by atoms with van der Waals surface area (Å²) in [4.78, 5) is 32.1. The first-order valence-electron chi connectivity index (χ1n) is 8.42. The number of nitrogens with one attached hydrogen (secondary N) is 1. The van der Waals surface area contributed by atoms with Gasteiger partial charge in [0.2, 0.25) is 5.91 Å². The highest BCUT2D eigenvalue weighted by molar-refractivity contribution is 5.89. The third kappa shape index (κ3) is 3.63. The highest BCUT2D eigenvalue weighted by atomic mass is 16.2. The lowest BCUT2D eigenvalue weighted by atomic mass is 10.0. The third-order valence-electron chi connectivity index (χ3n) is 4.76. The van der Waals surface area contributed by atoms with E-state index in [4.69, 9.17) is 5.26 Å². The molecule has 1 aromatic rings. The van der Waals surface area contributed by atoms with E-state index < -0.39 is 6.04 Å². The van der Waals surface area contributed by atoms with Gasteiger partial charge >= 0.3 is 6.03 Å². The van der Waals surface area contributed by atoms with Gasteiger partial charge in [-0.2, -0.15) is 5.26 Å². The van der Waals surface area contributed by atoms with Crippen molar-refractivity contribution < 1.29 is 9.59 Å². The highest BCUT2D eigenvalue weighted by Crippen LogP contribution is 2.22. The summed E-state index contributed by atoms with van der Waals surface area (Å²) in [5, 5.41) is 11.6. The second-order valence-electron chi connectivity index (χ2n) is 6.38. The van der Waals surface area contributed by atoms with E-state index in [1.807, 2.05) is 37.4 Å². The topological polar surface area (TPSA) is 89.3 Å². The van der Waals surface area contributed by atoms with Crippen molar-refractivity contribution in [1.29, 1.82) is 5.26 Å². The summed E-state index contributed by atoms with van der Waals surface area (Å²) in [6.07, 6.45) is 6.89. The van der Waals surface area contributed by atoms with Crippen molar-refractivity contribution in [3.05, 3.63) is 36.2 Å². The Labute approximate surface area is 146 Å². The minimum atomic E-state index is -0.542. The smallest absolute Gasteiger partial charge is 0.318 e. The molecule has 25 heavy (non-hydrogen) atoms. The van der Waals surface area contributed by atoms with Crippen LogP contribution in [0.15, 0.2) is 30.6 Å². The van der Waals surface area contributed by atoms with E-state index in [1.54, 1.807) is 11.1 Å². The first-order chi connectivity index (χ1) is 12.1. The van der Waals surface area contributed by atoms with Crippen molar-refractivity contribution in [2.24, 2.45) is 0 Å². The van der Waals surface area contributed by atoms with Gasteiger partial charge < -0.3 is 15.1 Å². The summed E-state index contributed by atoms with van der Waals surface area (Å²) >= 11 is 0. The molecule has 0 bridgehead atoms. The first kappa shape index (κ1) is 17.0. The van der Waals surface area contributed by atoms with E-state index in [0.29, 0.717) is 19.5 Å². The summed E-state index contributed by atoms with van der Waals surface area (Å²) in [5.41, 5.74) is 2.26. The number of hydrogen-bond donors (Lipinski definition) is 1. The lowest BCUT2D eigenvalue weighted by molar-refractivity contribution is -0.129. The van der Waals surface area contributed by atoms with Crippen molar-refractivity contribution >= 4 is 17.5 Å². The van der Waals surface area contributed by atoms with Crippen LogP contribution in [0.1, 0.15) is 25.3 Å².